The second-order valence-corrected chi connectivity index (χ2v) is 14.8. The summed E-state index contributed by atoms with van der Waals surface area (Å²) >= 11 is 0. The number of benzene rings is 8. The van der Waals surface area contributed by atoms with Crippen LogP contribution in [0.4, 0.5) is 0 Å². The fourth-order valence-electron chi connectivity index (χ4n) is 8.88. The molecular weight excluding hydrogens is 695 g/mol. The maximum Gasteiger partial charge on any atom is 0.138 e. The molecule has 0 saturated heterocycles. The summed E-state index contributed by atoms with van der Waals surface area (Å²) < 4.78 is 11.1. The molecule has 266 valence electrons. The largest absolute Gasteiger partial charge is 0.456 e. The molecule has 4 heteroatoms. The van der Waals surface area contributed by atoms with Crippen LogP contribution in [0.5, 0.6) is 0 Å². The van der Waals surface area contributed by atoms with Crippen LogP contribution < -0.4 is 0 Å². The Labute approximate surface area is 328 Å². The van der Waals surface area contributed by atoms with Crippen molar-refractivity contribution in [2.24, 2.45) is 0 Å². The van der Waals surface area contributed by atoms with E-state index in [4.69, 9.17) is 9.40 Å². The molecule has 12 rings (SSSR count). The minimum absolute atomic E-state index is 0.871. The molecule has 0 bridgehead atoms. The van der Waals surface area contributed by atoms with Crippen molar-refractivity contribution < 1.29 is 4.42 Å². The summed E-state index contributed by atoms with van der Waals surface area (Å²) in [4.78, 5) is 5.29. The van der Waals surface area contributed by atoms with Gasteiger partial charge in [-0.15, -0.1) is 0 Å². The van der Waals surface area contributed by atoms with Crippen LogP contribution in [0.1, 0.15) is 0 Å². The van der Waals surface area contributed by atoms with E-state index < -0.39 is 0 Å². The number of nitrogens with zero attached hydrogens (tertiary/aromatic N) is 3. The zero-order chi connectivity index (χ0) is 37.5. The average molecular weight is 728 g/mol. The first kappa shape index (κ1) is 31.6. The first-order valence-electron chi connectivity index (χ1n) is 19.4. The molecule has 0 fully saturated rings. The molecule has 12 aromatic rings. The van der Waals surface area contributed by atoms with Crippen LogP contribution in [0.3, 0.4) is 0 Å². The van der Waals surface area contributed by atoms with Gasteiger partial charge in [0.2, 0.25) is 0 Å². The SMILES string of the molecule is c1ccc(-c2c(-c3cccc(-c4cccc5oc6ccc(-c7ccc8c(c7)c7ccccc7n8-c7ccccc7)cc6c45)c3)nc3cc4ccccc4cn23)cc1. The van der Waals surface area contributed by atoms with Crippen LogP contribution in [-0.2, 0) is 0 Å². The van der Waals surface area contributed by atoms with E-state index in [9.17, 15) is 0 Å². The van der Waals surface area contributed by atoms with Crippen molar-refractivity contribution in [3.63, 3.8) is 0 Å². The fraction of sp³-hybridized carbons (Fsp3) is 0. The average Bonchev–Trinajstić information content (AvgIpc) is 3.95. The molecule has 0 atom stereocenters. The van der Waals surface area contributed by atoms with E-state index in [1.54, 1.807) is 0 Å². The summed E-state index contributed by atoms with van der Waals surface area (Å²) in [5.41, 5.74) is 15.0. The van der Waals surface area contributed by atoms with Crippen LogP contribution in [0.15, 0.2) is 205 Å². The number of aromatic nitrogens is 3. The molecule has 0 radical (unpaired) electrons. The summed E-state index contributed by atoms with van der Waals surface area (Å²) in [7, 11) is 0. The molecule has 0 aliphatic carbocycles. The highest BCUT2D eigenvalue weighted by molar-refractivity contribution is 6.14. The number of hydrogen-bond donors (Lipinski definition) is 0. The van der Waals surface area contributed by atoms with Gasteiger partial charge in [0.1, 0.15) is 16.8 Å². The molecule has 0 unspecified atom stereocenters. The van der Waals surface area contributed by atoms with E-state index in [1.807, 2.05) is 0 Å². The summed E-state index contributed by atoms with van der Waals surface area (Å²) in [6.07, 6.45) is 2.21. The first-order chi connectivity index (χ1) is 28.2. The quantitative estimate of drug-likeness (QED) is 0.177. The molecule has 4 heterocycles. The monoisotopic (exact) mass is 727 g/mol. The Morgan fingerprint density at radius 3 is 1.98 bits per heavy atom. The van der Waals surface area contributed by atoms with E-state index >= 15 is 0 Å². The van der Waals surface area contributed by atoms with Crippen molar-refractivity contribution in [1.29, 1.82) is 0 Å². The number of imidazole rings is 1. The van der Waals surface area contributed by atoms with Gasteiger partial charge in [0, 0.05) is 44.6 Å². The van der Waals surface area contributed by atoms with Gasteiger partial charge in [0.15, 0.2) is 0 Å². The predicted octanol–water partition coefficient (Wildman–Crippen LogP) is 14.2. The Morgan fingerprint density at radius 1 is 0.421 bits per heavy atom. The Morgan fingerprint density at radius 2 is 1.11 bits per heavy atom. The molecule has 4 aromatic heterocycles. The van der Waals surface area contributed by atoms with Gasteiger partial charge in [0.25, 0.3) is 0 Å². The van der Waals surface area contributed by atoms with Crippen LogP contribution >= 0.6 is 0 Å². The molecule has 4 nitrogen and oxygen atoms in total. The summed E-state index contributed by atoms with van der Waals surface area (Å²) in [6.45, 7) is 0. The number of pyridine rings is 1. The standard InChI is InChI=1S/C53H33N3O/c1-3-13-34(14-4-1)53-52(54-50-32-35-15-7-8-16-40(35)33-55(50)53)39-18-11-17-38(29-39)42-22-12-24-49-51(42)45-31-37(26-28-48(45)57-49)36-25-27-47-44(30-36)43-21-9-10-23-46(43)56(47)41-19-5-2-6-20-41/h1-33H. The van der Waals surface area contributed by atoms with Gasteiger partial charge in [-0.2, -0.15) is 0 Å². The van der Waals surface area contributed by atoms with Crippen LogP contribution in [0.25, 0.3) is 111 Å². The van der Waals surface area contributed by atoms with E-state index in [0.717, 1.165) is 72.5 Å². The minimum Gasteiger partial charge on any atom is -0.456 e. The number of fused-ring (bicyclic) bond motifs is 8. The van der Waals surface area contributed by atoms with Crippen LogP contribution in [-0.4, -0.2) is 14.0 Å². The Hall–Kier alpha value is -7.69. The number of hydrogen-bond acceptors (Lipinski definition) is 2. The van der Waals surface area contributed by atoms with Gasteiger partial charge in [-0.25, -0.2) is 4.98 Å². The van der Waals surface area contributed by atoms with Crippen molar-refractivity contribution >= 4 is 60.2 Å². The van der Waals surface area contributed by atoms with Crippen molar-refractivity contribution in [1.82, 2.24) is 14.0 Å². The normalized spacial score (nSPS) is 11.9. The maximum atomic E-state index is 6.54. The number of rotatable bonds is 5. The molecule has 0 saturated carbocycles. The lowest BCUT2D eigenvalue weighted by molar-refractivity contribution is 0.669. The smallest absolute Gasteiger partial charge is 0.138 e. The highest BCUT2D eigenvalue weighted by Gasteiger charge is 2.20. The maximum absolute atomic E-state index is 6.54. The third-order valence-electron chi connectivity index (χ3n) is 11.5. The zero-order valence-electron chi connectivity index (χ0n) is 30.8. The second-order valence-electron chi connectivity index (χ2n) is 14.8. The number of furan rings is 1. The Balaban J connectivity index is 1.01. The third-order valence-corrected chi connectivity index (χ3v) is 11.5. The molecule has 0 amide bonds. The molecule has 0 aliphatic heterocycles. The lowest BCUT2D eigenvalue weighted by Gasteiger charge is -2.09. The van der Waals surface area contributed by atoms with E-state index in [1.165, 1.54) is 38.1 Å². The Bertz CT molecular complexity index is 3520. The van der Waals surface area contributed by atoms with Gasteiger partial charge in [0.05, 0.1) is 22.4 Å². The van der Waals surface area contributed by atoms with Crippen LogP contribution in [0, 0.1) is 0 Å². The highest BCUT2D eigenvalue weighted by atomic mass is 16.3. The highest BCUT2D eigenvalue weighted by Crippen LogP contribution is 2.42. The van der Waals surface area contributed by atoms with Gasteiger partial charge < -0.3 is 8.98 Å². The molecule has 0 aliphatic rings. The topological polar surface area (TPSA) is 35.4 Å². The van der Waals surface area contributed by atoms with Crippen LogP contribution in [0.2, 0.25) is 0 Å². The molecule has 0 spiro atoms. The van der Waals surface area contributed by atoms with E-state index in [-0.39, 0.29) is 0 Å². The summed E-state index contributed by atoms with van der Waals surface area (Å²) in [6, 6.07) is 69.2. The van der Waals surface area contributed by atoms with Gasteiger partial charge in [-0.1, -0.05) is 133 Å². The fourth-order valence-corrected chi connectivity index (χ4v) is 8.88. The van der Waals surface area contributed by atoms with Crippen molar-refractivity contribution in [2.45, 2.75) is 0 Å². The summed E-state index contributed by atoms with van der Waals surface area (Å²) in [5, 5.41) is 7.03. The molecule has 8 aromatic carbocycles. The molecule has 0 N–H and O–H groups in total. The van der Waals surface area contributed by atoms with Gasteiger partial charge in [-0.05, 0) is 93.7 Å². The second kappa shape index (κ2) is 12.4. The van der Waals surface area contributed by atoms with Crippen molar-refractivity contribution in [3.8, 4) is 50.5 Å². The lowest BCUT2D eigenvalue weighted by atomic mass is 9.95. The van der Waals surface area contributed by atoms with Crippen molar-refractivity contribution in [2.75, 3.05) is 0 Å². The van der Waals surface area contributed by atoms with E-state index in [0.29, 0.717) is 0 Å². The Kier molecular flexibility index (Phi) is 6.89. The number of para-hydroxylation sites is 2. The third kappa shape index (κ3) is 4.98. The summed E-state index contributed by atoms with van der Waals surface area (Å²) in [5.74, 6) is 0. The lowest BCUT2D eigenvalue weighted by Crippen LogP contribution is -1.92. The van der Waals surface area contributed by atoms with Gasteiger partial charge >= 0.3 is 0 Å². The zero-order valence-corrected chi connectivity index (χ0v) is 30.8. The van der Waals surface area contributed by atoms with Crippen molar-refractivity contribution in [3.05, 3.63) is 200 Å². The molecular formula is C53H33N3O. The predicted molar refractivity (Wildman–Crippen MR) is 236 cm³/mol. The van der Waals surface area contributed by atoms with Gasteiger partial charge in [-0.3, -0.25) is 4.40 Å². The van der Waals surface area contributed by atoms with E-state index in [2.05, 4.69) is 209 Å². The molecule has 57 heavy (non-hydrogen) atoms. The first-order valence-corrected chi connectivity index (χ1v) is 19.4. The minimum atomic E-state index is 0.871.